The van der Waals surface area contributed by atoms with Crippen molar-refractivity contribution >= 4 is 11.9 Å². The van der Waals surface area contributed by atoms with E-state index < -0.39 is 0 Å². The summed E-state index contributed by atoms with van der Waals surface area (Å²) in [6.45, 7) is 4.27. The highest BCUT2D eigenvalue weighted by atomic mass is 32.2. The van der Waals surface area contributed by atoms with Gasteiger partial charge >= 0.3 is 0 Å². The molecule has 0 amide bonds. The maximum Gasteiger partial charge on any atom is 0.231 e. The van der Waals surface area contributed by atoms with E-state index in [-0.39, 0.29) is 23.1 Å². The van der Waals surface area contributed by atoms with E-state index in [0.29, 0.717) is 16.6 Å². The molecular formula is C19H18FN3OS. The minimum atomic E-state index is -0.290. The van der Waals surface area contributed by atoms with Crippen LogP contribution in [0.1, 0.15) is 37.1 Å². The fourth-order valence-corrected chi connectivity index (χ4v) is 3.91. The maximum absolute atomic E-state index is 14.1. The highest BCUT2D eigenvalue weighted by Crippen LogP contribution is 2.69. The molecule has 1 aliphatic rings. The van der Waals surface area contributed by atoms with Crippen LogP contribution in [0.3, 0.4) is 0 Å². The number of rotatable bonds is 4. The molecule has 2 unspecified atom stereocenters. The summed E-state index contributed by atoms with van der Waals surface area (Å²) < 4.78 is 19.6. The van der Waals surface area contributed by atoms with Crippen molar-refractivity contribution < 1.29 is 8.91 Å². The SMILES string of the molecule is CC1(C)C(c2ccc(SN)c(F)c2)C1c1nc(-c2ccccc2)no1. The quantitative estimate of drug-likeness (QED) is 0.684. The Balaban J connectivity index is 1.63. The molecule has 2 aromatic carbocycles. The van der Waals surface area contributed by atoms with Gasteiger partial charge in [0.25, 0.3) is 0 Å². The molecule has 0 bridgehead atoms. The molecule has 1 saturated carbocycles. The lowest BCUT2D eigenvalue weighted by Gasteiger charge is -2.05. The number of nitrogens with zero attached hydrogens (tertiary/aromatic N) is 2. The zero-order valence-corrected chi connectivity index (χ0v) is 14.8. The lowest BCUT2D eigenvalue weighted by Crippen LogP contribution is -1.93. The molecule has 6 heteroatoms. The molecule has 1 aliphatic carbocycles. The molecule has 0 aliphatic heterocycles. The van der Waals surface area contributed by atoms with Gasteiger partial charge in [-0.3, -0.25) is 5.14 Å². The number of benzene rings is 2. The van der Waals surface area contributed by atoms with Crippen molar-refractivity contribution in [2.24, 2.45) is 10.6 Å². The maximum atomic E-state index is 14.1. The Labute approximate surface area is 149 Å². The molecule has 0 radical (unpaired) electrons. The van der Waals surface area contributed by atoms with Gasteiger partial charge < -0.3 is 4.52 Å². The highest BCUT2D eigenvalue weighted by molar-refractivity contribution is 7.97. The van der Waals surface area contributed by atoms with Crippen LogP contribution in [-0.2, 0) is 0 Å². The van der Waals surface area contributed by atoms with E-state index in [1.165, 1.54) is 0 Å². The standard InChI is InChI=1S/C19H18FN3OS/c1-19(2)15(12-8-9-14(25-21)13(20)10-12)16(19)18-22-17(23-24-18)11-6-4-3-5-7-11/h3-10,15-16H,21H2,1-2H3. The van der Waals surface area contributed by atoms with Crippen LogP contribution in [0.25, 0.3) is 11.4 Å². The summed E-state index contributed by atoms with van der Waals surface area (Å²) in [6.07, 6.45) is 0. The first-order valence-electron chi connectivity index (χ1n) is 8.07. The van der Waals surface area contributed by atoms with Gasteiger partial charge in [-0.1, -0.05) is 55.4 Å². The fraction of sp³-hybridized carbons (Fsp3) is 0.263. The minimum absolute atomic E-state index is 0.0652. The van der Waals surface area contributed by atoms with Crippen molar-refractivity contribution in [1.82, 2.24) is 10.1 Å². The van der Waals surface area contributed by atoms with Gasteiger partial charge in [-0.05, 0) is 35.1 Å². The molecule has 25 heavy (non-hydrogen) atoms. The first-order chi connectivity index (χ1) is 12.0. The van der Waals surface area contributed by atoms with E-state index in [9.17, 15) is 4.39 Å². The lowest BCUT2D eigenvalue weighted by atomic mass is 10.0. The van der Waals surface area contributed by atoms with Crippen molar-refractivity contribution in [2.45, 2.75) is 30.6 Å². The monoisotopic (exact) mass is 355 g/mol. The van der Waals surface area contributed by atoms with Crippen LogP contribution in [0, 0.1) is 11.2 Å². The van der Waals surface area contributed by atoms with Crippen LogP contribution in [0.2, 0.25) is 0 Å². The smallest absolute Gasteiger partial charge is 0.231 e. The third kappa shape index (κ3) is 2.75. The fourth-order valence-electron chi connectivity index (χ4n) is 3.59. The Morgan fingerprint density at radius 3 is 2.56 bits per heavy atom. The second-order valence-electron chi connectivity index (χ2n) is 6.91. The average molecular weight is 355 g/mol. The van der Waals surface area contributed by atoms with Crippen molar-refractivity contribution in [3.63, 3.8) is 0 Å². The molecule has 4 rings (SSSR count). The Hall–Kier alpha value is -2.18. The Kier molecular flexibility index (Phi) is 3.89. The molecule has 2 atom stereocenters. The topological polar surface area (TPSA) is 64.9 Å². The second kappa shape index (κ2) is 5.97. The first-order valence-corrected chi connectivity index (χ1v) is 8.95. The Morgan fingerprint density at radius 2 is 1.88 bits per heavy atom. The minimum Gasteiger partial charge on any atom is -0.339 e. The van der Waals surface area contributed by atoms with Gasteiger partial charge in [0.05, 0.1) is 10.8 Å². The Morgan fingerprint density at radius 1 is 1.12 bits per heavy atom. The lowest BCUT2D eigenvalue weighted by molar-refractivity contribution is 0.368. The van der Waals surface area contributed by atoms with Gasteiger partial charge in [0, 0.05) is 11.5 Å². The van der Waals surface area contributed by atoms with E-state index in [1.54, 1.807) is 12.1 Å². The van der Waals surface area contributed by atoms with E-state index in [4.69, 9.17) is 9.66 Å². The predicted molar refractivity (Wildman–Crippen MR) is 95.4 cm³/mol. The van der Waals surface area contributed by atoms with Crippen LogP contribution < -0.4 is 5.14 Å². The summed E-state index contributed by atoms with van der Waals surface area (Å²) in [6, 6.07) is 14.9. The molecule has 1 heterocycles. The summed E-state index contributed by atoms with van der Waals surface area (Å²) >= 11 is 0.918. The van der Waals surface area contributed by atoms with Gasteiger partial charge in [0.15, 0.2) is 0 Å². The normalized spacial score (nSPS) is 21.3. The van der Waals surface area contributed by atoms with E-state index in [2.05, 4.69) is 24.0 Å². The zero-order valence-electron chi connectivity index (χ0n) is 13.9. The van der Waals surface area contributed by atoms with Crippen LogP contribution in [0.5, 0.6) is 0 Å². The third-order valence-electron chi connectivity index (χ3n) is 5.01. The predicted octanol–water partition coefficient (Wildman–Crippen LogP) is 4.75. The summed E-state index contributed by atoms with van der Waals surface area (Å²) in [5.74, 6) is 1.11. The average Bonchev–Trinajstić information content (AvgIpc) is 2.96. The van der Waals surface area contributed by atoms with Crippen molar-refractivity contribution in [3.8, 4) is 11.4 Å². The van der Waals surface area contributed by atoms with Gasteiger partial charge in [0.1, 0.15) is 5.82 Å². The van der Waals surface area contributed by atoms with Gasteiger partial charge in [-0.15, -0.1) is 0 Å². The third-order valence-corrected chi connectivity index (χ3v) is 5.59. The van der Waals surface area contributed by atoms with Crippen molar-refractivity contribution in [3.05, 3.63) is 65.8 Å². The molecule has 2 N–H and O–H groups in total. The summed E-state index contributed by atoms with van der Waals surface area (Å²) in [5, 5.41) is 9.57. The molecule has 0 saturated heterocycles. The van der Waals surface area contributed by atoms with Crippen LogP contribution in [-0.4, -0.2) is 10.1 Å². The molecule has 0 spiro atoms. The Bertz CT molecular complexity index is 910. The number of nitrogens with two attached hydrogens (primary N) is 1. The number of aromatic nitrogens is 2. The van der Waals surface area contributed by atoms with E-state index >= 15 is 0 Å². The highest BCUT2D eigenvalue weighted by Gasteiger charge is 2.62. The first kappa shape index (κ1) is 16.3. The number of hydrogen-bond donors (Lipinski definition) is 1. The molecule has 4 nitrogen and oxygen atoms in total. The van der Waals surface area contributed by atoms with E-state index in [0.717, 1.165) is 23.1 Å². The van der Waals surface area contributed by atoms with Crippen molar-refractivity contribution in [2.75, 3.05) is 0 Å². The van der Waals surface area contributed by atoms with Crippen molar-refractivity contribution in [1.29, 1.82) is 0 Å². The van der Waals surface area contributed by atoms with Gasteiger partial charge in [-0.2, -0.15) is 4.98 Å². The zero-order chi connectivity index (χ0) is 17.6. The molecule has 1 fully saturated rings. The number of halogens is 1. The summed E-state index contributed by atoms with van der Waals surface area (Å²) in [5.41, 5.74) is 1.79. The van der Waals surface area contributed by atoms with Gasteiger partial charge in [0.2, 0.25) is 11.7 Å². The molecule has 3 aromatic rings. The van der Waals surface area contributed by atoms with Crippen LogP contribution >= 0.6 is 11.9 Å². The van der Waals surface area contributed by atoms with E-state index in [1.807, 2.05) is 36.4 Å². The van der Waals surface area contributed by atoms with Gasteiger partial charge in [-0.25, -0.2) is 4.39 Å². The molecular weight excluding hydrogens is 337 g/mol. The second-order valence-corrected chi connectivity index (χ2v) is 7.58. The largest absolute Gasteiger partial charge is 0.339 e. The number of hydrogen-bond acceptors (Lipinski definition) is 5. The summed E-state index contributed by atoms with van der Waals surface area (Å²) in [7, 11) is 0. The molecule has 128 valence electrons. The summed E-state index contributed by atoms with van der Waals surface area (Å²) in [4.78, 5) is 5.02. The van der Waals surface area contributed by atoms with Crippen LogP contribution in [0.15, 0.2) is 57.9 Å². The molecule has 1 aromatic heterocycles. The van der Waals surface area contributed by atoms with Crippen LogP contribution in [0.4, 0.5) is 4.39 Å².